The minimum Gasteiger partial charge on any atom is -0.312 e. The van der Waals surface area contributed by atoms with Crippen molar-refractivity contribution in [3.63, 3.8) is 0 Å². The topological polar surface area (TPSA) is 49.8 Å². The maximum absolute atomic E-state index is 13.1. The summed E-state index contributed by atoms with van der Waals surface area (Å²) >= 11 is 0. The highest BCUT2D eigenvalue weighted by molar-refractivity contribution is 7.50. The van der Waals surface area contributed by atoms with Crippen LogP contribution in [0.2, 0.25) is 0 Å². The summed E-state index contributed by atoms with van der Waals surface area (Å²) in [7, 11) is -3.68. The van der Waals surface area contributed by atoms with Crippen molar-refractivity contribution < 1.29 is 14.0 Å². The van der Waals surface area contributed by atoms with Gasteiger partial charge < -0.3 is 4.89 Å². The van der Waals surface area contributed by atoms with Gasteiger partial charge in [0.25, 0.3) is 0 Å². The zero-order chi connectivity index (χ0) is 35.8. The Morgan fingerprint density at radius 2 is 0.551 bits per heavy atom. The molecule has 0 aromatic rings. The van der Waals surface area contributed by atoms with E-state index < -0.39 is 7.75 Å². The van der Waals surface area contributed by atoms with Gasteiger partial charge in [-0.3, -0.25) is 4.52 Å². The Morgan fingerprint density at radius 3 is 0.776 bits per heavy atom. The van der Waals surface area contributed by atoms with E-state index in [2.05, 4.69) is 20.8 Å². The first-order valence-electron chi connectivity index (χ1n) is 22.8. The average molecular weight is 714 g/mol. The van der Waals surface area contributed by atoms with E-state index in [-0.39, 0.29) is 0 Å². The van der Waals surface area contributed by atoms with Gasteiger partial charge >= 0.3 is 7.75 Å². The van der Waals surface area contributed by atoms with Crippen molar-refractivity contribution in [3.8, 4) is 0 Å². The summed E-state index contributed by atoms with van der Waals surface area (Å²) in [4.78, 5) is 10.7. The molecule has 0 heterocycles. The lowest BCUT2D eigenvalue weighted by molar-refractivity contribution is 0.195. The van der Waals surface area contributed by atoms with Crippen LogP contribution in [0.5, 0.6) is 0 Å². The quantitative estimate of drug-likeness (QED) is 0.0505. The number of nitrogens with zero attached hydrogens (tertiary/aromatic N) is 1. The van der Waals surface area contributed by atoms with E-state index in [0.717, 1.165) is 38.5 Å². The molecule has 0 aliphatic carbocycles. The van der Waals surface area contributed by atoms with Crippen LogP contribution in [0.3, 0.4) is 0 Å². The number of hydrogen-bond acceptors (Lipinski definition) is 2. The molecule has 4 nitrogen and oxygen atoms in total. The van der Waals surface area contributed by atoms with Gasteiger partial charge in [0.05, 0.1) is 6.61 Å². The predicted octanol–water partition coefficient (Wildman–Crippen LogP) is 16.3. The van der Waals surface area contributed by atoms with Crippen LogP contribution in [0.25, 0.3) is 0 Å². The Kier molecular flexibility index (Phi) is 41.0. The molecule has 49 heavy (non-hydrogen) atoms. The van der Waals surface area contributed by atoms with E-state index in [4.69, 9.17) is 4.52 Å². The van der Waals surface area contributed by atoms with Crippen LogP contribution in [0, 0.1) is 0 Å². The van der Waals surface area contributed by atoms with Gasteiger partial charge in [-0.1, -0.05) is 245 Å². The molecule has 0 radical (unpaired) electrons. The maximum atomic E-state index is 13.1. The molecule has 5 heteroatoms. The molecular weight excluding hydrogens is 621 g/mol. The summed E-state index contributed by atoms with van der Waals surface area (Å²) in [5.41, 5.74) is 0. The molecule has 0 saturated carbocycles. The van der Waals surface area contributed by atoms with Crippen molar-refractivity contribution in [1.82, 2.24) is 4.67 Å². The average Bonchev–Trinajstić information content (AvgIpc) is 3.09. The molecule has 1 unspecified atom stereocenters. The van der Waals surface area contributed by atoms with E-state index >= 15 is 0 Å². The maximum Gasteiger partial charge on any atom is 0.405 e. The fourth-order valence-corrected chi connectivity index (χ4v) is 8.48. The Hall–Kier alpha value is 0.110. The van der Waals surface area contributed by atoms with Crippen molar-refractivity contribution in [3.05, 3.63) is 0 Å². The smallest absolute Gasteiger partial charge is 0.312 e. The first kappa shape index (κ1) is 49.1. The van der Waals surface area contributed by atoms with Crippen molar-refractivity contribution in [2.75, 3.05) is 19.7 Å². The molecular formula is C44H92NO3P. The fraction of sp³-hybridized carbons (Fsp3) is 1.00. The van der Waals surface area contributed by atoms with Crippen LogP contribution in [-0.2, 0) is 9.09 Å². The van der Waals surface area contributed by atoms with Gasteiger partial charge in [-0.15, -0.1) is 0 Å². The van der Waals surface area contributed by atoms with Gasteiger partial charge in [0.1, 0.15) is 0 Å². The molecule has 0 fully saturated rings. The SMILES string of the molecule is CCCCCCCCCCCCCCCCCCCCN(CCCCCCCCCCCCCCCCCCCC)P(=O)(O)OCCCC. The van der Waals surface area contributed by atoms with Gasteiger partial charge in [-0.05, 0) is 19.3 Å². The largest absolute Gasteiger partial charge is 0.405 e. The molecule has 0 spiro atoms. The van der Waals surface area contributed by atoms with Gasteiger partial charge in [-0.25, -0.2) is 9.24 Å². The minimum absolute atomic E-state index is 0.388. The van der Waals surface area contributed by atoms with Crippen molar-refractivity contribution in [2.45, 2.75) is 265 Å². The van der Waals surface area contributed by atoms with E-state index in [0.29, 0.717) is 19.7 Å². The lowest BCUT2D eigenvalue weighted by Gasteiger charge is -2.26. The highest BCUT2D eigenvalue weighted by Crippen LogP contribution is 2.46. The molecule has 0 amide bonds. The second kappa shape index (κ2) is 40.9. The first-order chi connectivity index (χ1) is 24.1. The molecule has 296 valence electrons. The van der Waals surface area contributed by atoms with Crippen LogP contribution in [-0.4, -0.2) is 29.3 Å². The van der Waals surface area contributed by atoms with Gasteiger partial charge in [0.15, 0.2) is 0 Å². The molecule has 1 atom stereocenters. The highest BCUT2D eigenvalue weighted by atomic mass is 31.2. The number of unbranched alkanes of at least 4 members (excludes halogenated alkanes) is 35. The Balaban J connectivity index is 3.81. The fourth-order valence-electron chi connectivity index (χ4n) is 7.17. The molecule has 1 N–H and O–H groups in total. The highest BCUT2D eigenvalue weighted by Gasteiger charge is 2.28. The Labute approximate surface area is 310 Å². The first-order valence-corrected chi connectivity index (χ1v) is 24.3. The number of hydrogen-bond donors (Lipinski definition) is 1. The molecule has 0 aromatic carbocycles. The normalized spacial score (nSPS) is 13.1. The molecule has 0 aromatic heterocycles. The monoisotopic (exact) mass is 714 g/mol. The van der Waals surface area contributed by atoms with Crippen molar-refractivity contribution in [1.29, 1.82) is 0 Å². The zero-order valence-electron chi connectivity index (χ0n) is 34.1. The van der Waals surface area contributed by atoms with E-state index in [1.54, 1.807) is 4.67 Å². The van der Waals surface area contributed by atoms with E-state index in [1.165, 1.54) is 205 Å². The minimum atomic E-state index is -3.68. The second-order valence-electron chi connectivity index (χ2n) is 15.7. The van der Waals surface area contributed by atoms with Gasteiger partial charge in [0, 0.05) is 13.1 Å². The van der Waals surface area contributed by atoms with Crippen molar-refractivity contribution in [2.24, 2.45) is 0 Å². The third-order valence-electron chi connectivity index (χ3n) is 10.7. The van der Waals surface area contributed by atoms with Crippen molar-refractivity contribution >= 4 is 7.75 Å². The number of rotatable bonds is 43. The van der Waals surface area contributed by atoms with E-state index in [1.807, 2.05) is 0 Å². The van der Waals surface area contributed by atoms with Crippen LogP contribution >= 0.6 is 7.75 Å². The Bertz CT molecular complexity index is 620. The van der Waals surface area contributed by atoms with Gasteiger partial charge in [-0.2, -0.15) is 0 Å². The summed E-state index contributed by atoms with van der Waals surface area (Å²) in [5.74, 6) is 0. The molecule has 0 aliphatic heterocycles. The summed E-state index contributed by atoms with van der Waals surface area (Å²) in [6, 6.07) is 0. The molecule has 0 aliphatic rings. The summed E-state index contributed by atoms with van der Waals surface area (Å²) in [6.07, 6.45) is 50.9. The summed E-state index contributed by atoms with van der Waals surface area (Å²) in [6.45, 7) is 8.46. The Morgan fingerprint density at radius 1 is 0.347 bits per heavy atom. The second-order valence-corrected chi connectivity index (χ2v) is 17.5. The predicted molar refractivity (Wildman–Crippen MR) is 220 cm³/mol. The van der Waals surface area contributed by atoms with Crippen LogP contribution in [0.1, 0.15) is 265 Å². The third kappa shape index (κ3) is 37.7. The van der Waals surface area contributed by atoms with E-state index in [9.17, 15) is 9.46 Å². The lowest BCUT2D eigenvalue weighted by Crippen LogP contribution is -2.24. The van der Waals surface area contributed by atoms with Crippen LogP contribution in [0.4, 0.5) is 0 Å². The van der Waals surface area contributed by atoms with Crippen LogP contribution < -0.4 is 0 Å². The third-order valence-corrected chi connectivity index (χ3v) is 12.3. The molecule has 0 bridgehead atoms. The zero-order valence-corrected chi connectivity index (χ0v) is 35.0. The van der Waals surface area contributed by atoms with Crippen LogP contribution in [0.15, 0.2) is 0 Å². The summed E-state index contributed by atoms with van der Waals surface area (Å²) < 4.78 is 20.4. The standard InChI is InChI=1S/C44H92NO3P/c1-4-7-10-12-14-16-18-20-22-24-26-28-30-32-34-36-38-40-42-45(49(46,47)48-44-9-6-3)43-41-39-37-35-33-31-29-27-25-23-21-19-17-15-13-11-8-5-2/h4-44H2,1-3H3,(H,46,47). The molecule has 0 saturated heterocycles. The lowest BCUT2D eigenvalue weighted by atomic mass is 10.0. The summed E-state index contributed by atoms with van der Waals surface area (Å²) in [5, 5.41) is 0. The van der Waals surface area contributed by atoms with Gasteiger partial charge in [0.2, 0.25) is 0 Å². The molecule has 0 rings (SSSR count).